The summed E-state index contributed by atoms with van der Waals surface area (Å²) in [5.41, 5.74) is -1.32. The normalized spacial score (nSPS) is 46.9. The maximum Gasteiger partial charge on any atom is 0.303 e. The van der Waals surface area contributed by atoms with Gasteiger partial charge in [0.15, 0.2) is 18.2 Å². The number of carbonyl (C=O) groups excluding carboxylic acids is 2. The van der Waals surface area contributed by atoms with Gasteiger partial charge in [-0.05, 0) is 111 Å². The van der Waals surface area contributed by atoms with Crippen molar-refractivity contribution in [1.29, 1.82) is 0 Å². The summed E-state index contributed by atoms with van der Waals surface area (Å²) < 4.78 is 27.3. The molecule has 3 heterocycles. The van der Waals surface area contributed by atoms with Gasteiger partial charge in [0.25, 0.3) is 5.91 Å². The largest absolute Gasteiger partial charge is 0.457 e. The molecule has 5 saturated carbocycles. The lowest BCUT2D eigenvalue weighted by molar-refractivity contribution is -0.245. The Labute approximate surface area is 309 Å². The molecule has 11 heteroatoms. The Kier molecular flexibility index (Phi) is 8.50. The molecular formula is C41H63N3O8. The first-order valence-electron chi connectivity index (χ1n) is 20.1. The zero-order valence-corrected chi connectivity index (χ0v) is 32.9. The van der Waals surface area contributed by atoms with Crippen LogP contribution in [-0.4, -0.2) is 98.6 Å². The smallest absolute Gasteiger partial charge is 0.303 e. The second-order valence-corrected chi connectivity index (χ2v) is 19.8. The van der Waals surface area contributed by atoms with Gasteiger partial charge in [0, 0.05) is 38.3 Å². The second-order valence-electron chi connectivity index (χ2n) is 19.8. The number of imidazole rings is 1. The predicted molar refractivity (Wildman–Crippen MR) is 192 cm³/mol. The fourth-order valence-electron chi connectivity index (χ4n) is 14.4. The minimum Gasteiger partial charge on any atom is -0.457 e. The maximum atomic E-state index is 13.3. The first-order chi connectivity index (χ1) is 24.3. The highest BCUT2D eigenvalue weighted by atomic mass is 16.7. The van der Waals surface area contributed by atoms with Crippen molar-refractivity contribution in [2.75, 3.05) is 19.7 Å². The van der Waals surface area contributed by atoms with Crippen LogP contribution in [0.5, 0.6) is 0 Å². The summed E-state index contributed by atoms with van der Waals surface area (Å²) in [5.74, 6) is 1.24. The lowest BCUT2D eigenvalue weighted by Gasteiger charge is -2.64. The Morgan fingerprint density at radius 2 is 1.79 bits per heavy atom. The average molecular weight is 726 g/mol. The predicted octanol–water partition coefficient (Wildman–Crippen LogP) is 5.12. The fourth-order valence-corrected chi connectivity index (χ4v) is 14.4. The van der Waals surface area contributed by atoms with Crippen LogP contribution >= 0.6 is 0 Å². The Morgan fingerprint density at radius 1 is 1.08 bits per heavy atom. The summed E-state index contributed by atoms with van der Waals surface area (Å²) in [5, 5.41) is 23.7. The molecule has 0 radical (unpaired) electrons. The van der Waals surface area contributed by atoms with Crippen molar-refractivity contribution in [2.24, 2.45) is 57.8 Å². The molecule has 11 nitrogen and oxygen atoms in total. The Bertz CT molecular complexity index is 1590. The molecule has 7 fully saturated rings. The molecule has 0 aromatic carbocycles. The van der Waals surface area contributed by atoms with E-state index in [1.807, 2.05) is 11.9 Å². The van der Waals surface area contributed by atoms with E-state index in [-0.39, 0.29) is 57.0 Å². The van der Waals surface area contributed by atoms with Crippen molar-refractivity contribution in [2.45, 2.75) is 149 Å². The summed E-state index contributed by atoms with van der Waals surface area (Å²) in [4.78, 5) is 31.5. The van der Waals surface area contributed by atoms with Gasteiger partial charge in [0.1, 0.15) is 0 Å². The van der Waals surface area contributed by atoms with Crippen LogP contribution in [0.3, 0.4) is 0 Å². The minimum absolute atomic E-state index is 0.0297. The molecule has 2 aliphatic heterocycles. The standard InChI is InChI=1S/C41H63N3O8/c1-23-20-25(33(37(5,6)48)50-24(2)45)51-31-30(23)38(7)14-15-41-22-40(41)13-12-28(36(3,4)26(40)10-11-27(41)39(38,8)32(31)46)52-29-21-44(18-19-49-29)35(47)34-42-16-17-43(34)9/h16-17,23,25-33,46,48H,10-15,18-22H2,1-9H3/t23-,25?,26+,27?,28+,29?,30+,31?,32+,33+,38?,39-,40?,41?/m1/s1. The number of morpholine rings is 1. The van der Waals surface area contributed by atoms with Crippen molar-refractivity contribution >= 4 is 11.9 Å². The molecule has 5 aliphatic carbocycles. The monoisotopic (exact) mass is 725 g/mol. The van der Waals surface area contributed by atoms with Crippen LogP contribution in [0.2, 0.25) is 0 Å². The summed E-state index contributed by atoms with van der Waals surface area (Å²) in [6, 6.07) is 0. The van der Waals surface area contributed by atoms with Crippen molar-refractivity contribution < 1.29 is 38.7 Å². The van der Waals surface area contributed by atoms with Crippen LogP contribution in [0.25, 0.3) is 0 Å². The van der Waals surface area contributed by atoms with E-state index < -0.39 is 36.2 Å². The lowest BCUT2D eigenvalue weighted by Crippen LogP contribution is -2.60. The number of carbonyl (C=O) groups is 2. The second kappa shape index (κ2) is 12.0. The van der Waals surface area contributed by atoms with E-state index in [1.165, 1.54) is 19.8 Å². The van der Waals surface area contributed by atoms with Crippen molar-refractivity contribution in [3.05, 3.63) is 18.2 Å². The molecule has 14 atom stereocenters. The van der Waals surface area contributed by atoms with Crippen LogP contribution in [-0.2, 0) is 30.8 Å². The number of amides is 1. The zero-order valence-electron chi connectivity index (χ0n) is 32.9. The number of hydrogen-bond acceptors (Lipinski definition) is 9. The van der Waals surface area contributed by atoms with Crippen LogP contribution in [0, 0.1) is 50.7 Å². The lowest BCUT2D eigenvalue weighted by atomic mass is 9.41. The maximum absolute atomic E-state index is 13.3. The highest BCUT2D eigenvalue weighted by molar-refractivity contribution is 5.90. The van der Waals surface area contributed by atoms with Crippen molar-refractivity contribution in [3.63, 3.8) is 0 Å². The Balaban J connectivity index is 1.01. The number of nitrogens with zero attached hydrogens (tertiary/aromatic N) is 3. The number of fused-ring (bicyclic) bond motifs is 4. The third kappa shape index (κ3) is 4.96. The molecule has 1 amide bonds. The molecule has 2 N–H and O–H groups in total. The number of ether oxygens (including phenoxy) is 4. The molecule has 2 saturated heterocycles. The zero-order chi connectivity index (χ0) is 37.4. The molecule has 7 aliphatic rings. The van der Waals surface area contributed by atoms with E-state index >= 15 is 0 Å². The molecule has 1 aromatic rings. The molecule has 290 valence electrons. The van der Waals surface area contributed by atoms with E-state index in [2.05, 4.69) is 39.6 Å². The quantitative estimate of drug-likeness (QED) is 0.384. The Morgan fingerprint density at radius 3 is 2.46 bits per heavy atom. The number of aryl methyl sites for hydroxylation is 1. The topological polar surface area (TPSA) is 133 Å². The Hall–Kier alpha value is -2.05. The van der Waals surface area contributed by atoms with Crippen LogP contribution in [0.4, 0.5) is 0 Å². The van der Waals surface area contributed by atoms with E-state index in [0.717, 1.165) is 32.1 Å². The van der Waals surface area contributed by atoms with Crippen molar-refractivity contribution in [1.82, 2.24) is 14.5 Å². The molecule has 52 heavy (non-hydrogen) atoms. The van der Waals surface area contributed by atoms with Crippen LogP contribution in [0.1, 0.15) is 117 Å². The number of aliphatic hydroxyl groups excluding tert-OH is 1. The first kappa shape index (κ1) is 36.9. The molecule has 2 spiro atoms. The fraction of sp³-hybridized carbons (Fsp3) is 0.878. The van der Waals surface area contributed by atoms with Gasteiger partial charge in [-0.1, -0.05) is 34.6 Å². The van der Waals surface area contributed by atoms with Gasteiger partial charge in [0.05, 0.1) is 43.2 Å². The summed E-state index contributed by atoms with van der Waals surface area (Å²) >= 11 is 0. The van der Waals surface area contributed by atoms with Gasteiger partial charge in [-0.2, -0.15) is 0 Å². The minimum atomic E-state index is -1.27. The first-order valence-corrected chi connectivity index (χ1v) is 20.1. The number of rotatable bonds is 6. The molecule has 7 unspecified atom stereocenters. The van der Waals surface area contributed by atoms with Crippen molar-refractivity contribution in [3.8, 4) is 0 Å². The van der Waals surface area contributed by atoms with Crippen LogP contribution < -0.4 is 0 Å². The third-order valence-corrected chi connectivity index (χ3v) is 16.7. The van der Waals surface area contributed by atoms with E-state index in [0.29, 0.717) is 43.8 Å². The third-order valence-electron chi connectivity index (χ3n) is 16.7. The van der Waals surface area contributed by atoms with Gasteiger partial charge < -0.3 is 38.6 Å². The number of esters is 1. The molecule has 8 rings (SSSR count). The van der Waals surface area contributed by atoms with Gasteiger partial charge in [0.2, 0.25) is 0 Å². The van der Waals surface area contributed by atoms with Gasteiger partial charge in [-0.15, -0.1) is 0 Å². The molecule has 0 bridgehead atoms. The summed E-state index contributed by atoms with van der Waals surface area (Å²) in [6.07, 6.45) is 9.13. The van der Waals surface area contributed by atoms with Gasteiger partial charge in [-0.3, -0.25) is 9.59 Å². The number of hydrogen-bond donors (Lipinski definition) is 2. The van der Waals surface area contributed by atoms with Crippen LogP contribution in [0.15, 0.2) is 12.4 Å². The van der Waals surface area contributed by atoms with E-state index in [4.69, 9.17) is 18.9 Å². The molecule has 1 aromatic heterocycles. The highest BCUT2D eigenvalue weighted by Gasteiger charge is 2.84. The SMILES string of the molecule is CC(=O)O[C@@H](C1C[C@@H](C)[C@H]2C(O1)[C@H](O)[C@@]1(C)C3CC[C@H]4C(C)(C)[C@@H](OC5CN(C(=O)c6nccn6C)CCO5)CCC45CC35CCC21C)C(C)(C)O. The summed E-state index contributed by atoms with van der Waals surface area (Å²) in [7, 11) is 1.84. The number of aliphatic hydroxyl groups is 2. The summed E-state index contributed by atoms with van der Waals surface area (Å²) in [6.45, 7) is 18.0. The number of aromatic nitrogens is 2. The van der Waals surface area contributed by atoms with Gasteiger partial charge in [-0.25, -0.2) is 4.98 Å². The molecular weight excluding hydrogens is 662 g/mol. The van der Waals surface area contributed by atoms with Gasteiger partial charge >= 0.3 is 5.97 Å². The average Bonchev–Trinajstić information content (AvgIpc) is 3.48. The van der Waals surface area contributed by atoms with E-state index in [9.17, 15) is 19.8 Å². The highest BCUT2D eigenvalue weighted by Crippen LogP contribution is 2.89. The van der Waals surface area contributed by atoms with E-state index in [1.54, 1.807) is 30.8 Å².